The van der Waals surface area contributed by atoms with E-state index >= 15 is 0 Å². The number of rotatable bonds is 11. The summed E-state index contributed by atoms with van der Waals surface area (Å²) >= 11 is 0. The monoisotopic (exact) mass is 279 g/mol. The lowest BCUT2D eigenvalue weighted by Gasteiger charge is -2.27. The molecule has 0 fully saturated rings. The average Bonchev–Trinajstić information content (AvgIpc) is 2.91. The highest BCUT2D eigenvalue weighted by molar-refractivity contribution is 5.07. The Hall–Kier alpha value is -0.830. The molecule has 3 heteroatoms. The Morgan fingerprint density at radius 1 is 1.10 bits per heavy atom. The summed E-state index contributed by atoms with van der Waals surface area (Å²) in [4.78, 5) is 0. The molecule has 0 radical (unpaired) electrons. The highest BCUT2D eigenvalue weighted by Gasteiger charge is 2.20. The predicted molar refractivity (Wildman–Crippen MR) is 87.0 cm³/mol. The molecule has 0 aliphatic carbocycles. The van der Waals surface area contributed by atoms with Crippen LogP contribution in [-0.4, -0.2) is 22.4 Å². The fourth-order valence-corrected chi connectivity index (χ4v) is 2.96. The van der Waals surface area contributed by atoms with Crippen molar-refractivity contribution in [2.45, 2.75) is 78.8 Å². The molecule has 0 spiro atoms. The van der Waals surface area contributed by atoms with E-state index in [1.54, 1.807) is 0 Å². The SMILES string of the molecule is CCCNC(Cc1cnn(CC)c1)C(CCC)CCC. The van der Waals surface area contributed by atoms with Gasteiger partial charge in [-0.25, -0.2) is 0 Å². The quantitative estimate of drug-likeness (QED) is 0.663. The van der Waals surface area contributed by atoms with E-state index in [1.165, 1.54) is 37.7 Å². The van der Waals surface area contributed by atoms with Gasteiger partial charge in [-0.3, -0.25) is 4.68 Å². The van der Waals surface area contributed by atoms with Gasteiger partial charge in [0.25, 0.3) is 0 Å². The van der Waals surface area contributed by atoms with Crippen molar-refractivity contribution in [1.82, 2.24) is 15.1 Å². The fourth-order valence-electron chi connectivity index (χ4n) is 2.96. The zero-order chi connectivity index (χ0) is 14.8. The third kappa shape index (κ3) is 5.66. The summed E-state index contributed by atoms with van der Waals surface area (Å²) in [7, 11) is 0. The van der Waals surface area contributed by atoms with Crippen molar-refractivity contribution in [2.24, 2.45) is 5.92 Å². The maximum Gasteiger partial charge on any atom is 0.0522 e. The lowest BCUT2D eigenvalue weighted by atomic mass is 9.87. The van der Waals surface area contributed by atoms with Gasteiger partial charge < -0.3 is 5.32 Å². The lowest BCUT2D eigenvalue weighted by molar-refractivity contribution is 0.308. The number of nitrogens with zero attached hydrogens (tertiary/aromatic N) is 2. The molecule has 1 aromatic rings. The van der Waals surface area contributed by atoms with Gasteiger partial charge in [0.05, 0.1) is 6.20 Å². The van der Waals surface area contributed by atoms with Crippen molar-refractivity contribution in [2.75, 3.05) is 6.54 Å². The molecule has 0 amide bonds. The highest BCUT2D eigenvalue weighted by Crippen LogP contribution is 2.21. The molecule has 0 bridgehead atoms. The standard InChI is InChI=1S/C17H33N3/c1-5-9-16(10-6-2)17(18-11-7-3)12-15-13-19-20(8-4)14-15/h13-14,16-18H,5-12H2,1-4H3. The maximum absolute atomic E-state index is 4.41. The van der Waals surface area contributed by atoms with Gasteiger partial charge >= 0.3 is 0 Å². The van der Waals surface area contributed by atoms with E-state index in [9.17, 15) is 0 Å². The molecule has 0 saturated heterocycles. The molecule has 1 atom stereocenters. The average molecular weight is 279 g/mol. The third-order valence-corrected chi connectivity index (χ3v) is 4.01. The zero-order valence-electron chi connectivity index (χ0n) is 13.9. The molecular weight excluding hydrogens is 246 g/mol. The van der Waals surface area contributed by atoms with Crippen LogP contribution in [0.25, 0.3) is 0 Å². The highest BCUT2D eigenvalue weighted by atomic mass is 15.3. The van der Waals surface area contributed by atoms with Crippen LogP contribution in [-0.2, 0) is 13.0 Å². The van der Waals surface area contributed by atoms with Crippen molar-refractivity contribution in [3.05, 3.63) is 18.0 Å². The van der Waals surface area contributed by atoms with Gasteiger partial charge in [0, 0.05) is 18.8 Å². The molecule has 116 valence electrons. The molecule has 3 nitrogen and oxygen atoms in total. The number of nitrogens with one attached hydrogen (secondary N) is 1. The van der Waals surface area contributed by atoms with E-state index in [-0.39, 0.29) is 0 Å². The minimum Gasteiger partial charge on any atom is -0.313 e. The van der Waals surface area contributed by atoms with Gasteiger partial charge in [-0.05, 0) is 50.6 Å². The van der Waals surface area contributed by atoms with Crippen molar-refractivity contribution >= 4 is 0 Å². The van der Waals surface area contributed by atoms with E-state index < -0.39 is 0 Å². The molecule has 20 heavy (non-hydrogen) atoms. The predicted octanol–water partition coefficient (Wildman–Crippen LogP) is 4.03. The fraction of sp³-hybridized carbons (Fsp3) is 0.824. The molecule has 0 saturated carbocycles. The Labute approximate surface area is 125 Å². The van der Waals surface area contributed by atoms with Gasteiger partial charge in [0.2, 0.25) is 0 Å². The number of aryl methyl sites for hydroxylation is 1. The number of hydrogen-bond acceptors (Lipinski definition) is 2. The van der Waals surface area contributed by atoms with Crippen LogP contribution in [0.2, 0.25) is 0 Å². The molecule has 1 rings (SSSR count). The summed E-state index contributed by atoms with van der Waals surface area (Å²) in [5, 5.41) is 8.19. The van der Waals surface area contributed by atoms with Crippen LogP contribution in [0, 0.1) is 5.92 Å². The largest absolute Gasteiger partial charge is 0.313 e. The molecule has 0 aromatic carbocycles. The van der Waals surface area contributed by atoms with Crippen LogP contribution in [0.3, 0.4) is 0 Å². The van der Waals surface area contributed by atoms with Crippen molar-refractivity contribution in [1.29, 1.82) is 0 Å². The van der Waals surface area contributed by atoms with Gasteiger partial charge in [-0.1, -0.05) is 33.6 Å². The second-order valence-electron chi connectivity index (χ2n) is 5.81. The Morgan fingerprint density at radius 2 is 1.80 bits per heavy atom. The van der Waals surface area contributed by atoms with Crippen LogP contribution >= 0.6 is 0 Å². The molecule has 0 aliphatic rings. The second-order valence-corrected chi connectivity index (χ2v) is 5.81. The third-order valence-electron chi connectivity index (χ3n) is 4.01. The maximum atomic E-state index is 4.41. The van der Waals surface area contributed by atoms with Gasteiger partial charge in [-0.15, -0.1) is 0 Å². The molecule has 1 unspecified atom stereocenters. The first-order chi connectivity index (χ1) is 9.74. The minimum atomic E-state index is 0.601. The van der Waals surface area contributed by atoms with E-state index in [0.29, 0.717) is 6.04 Å². The molecular formula is C17H33N3. The Balaban J connectivity index is 2.69. The normalized spacial score (nSPS) is 13.1. The first-order valence-corrected chi connectivity index (χ1v) is 8.49. The van der Waals surface area contributed by atoms with Crippen LogP contribution in [0.4, 0.5) is 0 Å². The van der Waals surface area contributed by atoms with Crippen LogP contribution < -0.4 is 5.32 Å². The van der Waals surface area contributed by atoms with Gasteiger partial charge in [0.15, 0.2) is 0 Å². The van der Waals surface area contributed by atoms with Crippen molar-refractivity contribution < 1.29 is 0 Å². The summed E-state index contributed by atoms with van der Waals surface area (Å²) in [6.45, 7) is 11.1. The first-order valence-electron chi connectivity index (χ1n) is 8.49. The summed E-state index contributed by atoms with van der Waals surface area (Å²) in [6.07, 6.45) is 11.8. The first kappa shape index (κ1) is 17.2. The molecule has 1 heterocycles. The molecule has 1 N–H and O–H groups in total. The smallest absolute Gasteiger partial charge is 0.0522 e. The van der Waals surface area contributed by atoms with Crippen molar-refractivity contribution in [3.63, 3.8) is 0 Å². The molecule has 1 aromatic heterocycles. The summed E-state index contributed by atoms with van der Waals surface area (Å²) in [5.74, 6) is 0.793. The zero-order valence-corrected chi connectivity index (χ0v) is 13.9. The van der Waals surface area contributed by atoms with Crippen LogP contribution in [0.1, 0.15) is 65.4 Å². The minimum absolute atomic E-state index is 0.601. The van der Waals surface area contributed by atoms with E-state index in [0.717, 1.165) is 25.4 Å². The Morgan fingerprint density at radius 3 is 2.30 bits per heavy atom. The van der Waals surface area contributed by atoms with Crippen LogP contribution in [0.5, 0.6) is 0 Å². The van der Waals surface area contributed by atoms with Gasteiger partial charge in [0.1, 0.15) is 0 Å². The topological polar surface area (TPSA) is 29.9 Å². The van der Waals surface area contributed by atoms with E-state index in [1.807, 2.05) is 10.9 Å². The Kier molecular flexibility index (Phi) is 8.59. The number of aromatic nitrogens is 2. The number of hydrogen-bond donors (Lipinski definition) is 1. The van der Waals surface area contributed by atoms with E-state index in [2.05, 4.69) is 44.3 Å². The summed E-state index contributed by atoms with van der Waals surface area (Å²) in [6, 6.07) is 0.601. The lowest BCUT2D eigenvalue weighted by Crippen LogP contribution is -2.38. The van der Waals surface area contributed by atoms with Crippen LogP contribution in [0.15, 0.2) is 12.4 Å². The van der Waals surface area contributed by atoms with Crippen molar-refractivity contribution in [3.8, 4) is 0 Å². The summed E-state index contributed by atoms with van der Waals surface area (Å²) < 4.78 is 2.03. The summed E-state index contributed by atoms with van der Waals surface area (Å²) in [5.41, 5.74) is 1.37. The van der Waals surface area contributed by atoms with E-state index in [4.69, 9.17) is 0 Å². The Bertz CT molecular complexity index is 340. The molecule has 0 aliphatic heterocycles. The second kappa shape index (κ2) is 9.98. The van der Waals surface area contributed by atoms with Gasteiger partial charge in [-0.2, -0.15) is 5.10 Å².